The molecule has 3 rings (SSSR count). The van der Waals surface area contributed by atoms with Crippen LogP contribution >= 0.6 is 15.9 Å². The lowest BCUT2D eigenvalue weighted by Gasteiger charge is -2.15. The van der Waals surface area contributed by atoms with Gasteiger partial charge in [0.25, 0.3) is 5.91 Å². The summed E-state index contributed by atoms with van der Waals surface area (Å²) in [5, 5.41) is 7.65. The second-order valence-electron chi connectivity index (χ2n) is 6.44. The van der Waals surface area contributed by atoms with E-state index < -0.39 is 0 Å². The zero-order chi connectivity index (χ0) is 18.7. The molecule has 0 aliphatic carbocycles. The van der Waals surface area contributed by atoms with E-state index in [4.69, 9.17) is 0 Å². The first kappa shape index (κ1) is 18.4. The molecule has 1 N–H and O–H groups in total. The molecule has 1 amide bonds. The Morgan fingerprint density at radius 1 is 1.12 bits per heavy atom. The third-order valence-corrected chi connectivity index (χ3v) is 5.03. The number of carbonyl (C=O) groups excluding carboxylic acids is 1. The highest BCUT2D eigenvalue weighted by Gasteiger charge is 2.20. The smallest absolute Gasteiger partial charge is 0.255 e. The lowest BCUT2D eigenvalue weighted by atomic mass is 10.1. The first-order valence-corrected chi connectivity index (χ1v) is 9.39. The van der Waals surface area contributed by atoms with Crippen LogP contribution < -0.4 is 5.32 Å². The van der Waals surface area contributed by atoms with Crippen molar-refractivity contribution in [2.24, 2.45) is 0 Å². The number of rotatable bonds is 5. The molecule has 5 heteroatoms. The van der Waals surface area contributed by atoms with E-state index in [0.29, 0.717) is 12.1 Å². The van der Waals surface area contributed by atoms with Crippen LogP contribution in [0.1, 0.15) is 45.8 Å². The lowest BCUT2D eigenvalue weighted by Crippen LogP contribution is -2.27. The van der Waals surface area contributed by atoms with Crippen molar-refractivity contribution < 1.29 is 4.79 Å². The summed E-state index contributed by atoms with van der Waals surface area (Å²) in [5.74, 6) is -0.0882. The van der Waals surface area contributed by atoms with Gasteiger partial charge in [-0.3, -0.25) is 9.48 Å². The van der Waals surface area contributed by atoms with Gasteiger partial charge < -0.3 is 5.32 Å². The number of aryl methyl sites for hydroxylation is 1. The van der Waals surface area contributed by atoms with Crippen LogP contribution in [0.5, 0.6) is 0 Å². The van der Waals surface area contributed by atoms with Gasteiger partial charge in [-0.15, -0.1) is 0 Å². The molecule has 26 heavy (non-hydrogen) atoms. The van der Waals surface area contributed by atoms with Crippen LogP contribution in [0, 0.1) is 13.8 Å². The maximum atomic E-state index is 12.8. The van der Waals surface area contributed by atoms with E-state index in [2.05, 4.69) is 38.5 Å². The molecule has 1 aromatic heterocycles. The minimum Gasteiger partial charge on any atom is -0.345 e. The molecule has 0 bridgehead atoms. The normalized spacial score (nSPS) is 12.0. The van der Waals surface area contributed by atoms with Crippen molar-refractivity contribution in [3.8, 4) is 0 Å². The molecule has 0 aliphatic rings. The largest absolute Gasteiger partial charge is 0.345 e. The van der Waals surface area contributed by atoms with Crippen LogP contribution in [0.25, 0.3) is 0 Å². The van der Waals surface area contributed by atoms with E-state index in [1.165, 1.54) is 0 Å². The minimum absolute atomic E-state index is 0.0770. The van der Waals surface area contributed by atoms with Crippen molar-refractivity contribution in [3.63, 3.8) is 0 Å². The van der Waals surface area contributed by atoms with Gasteiger partial charge in [-0.05, 0) is 44.0 Å². The van der Waals surface area contributed by atoms with Crippen LogP contribution in [0.15, 0.2) is 59.1 Å². The quantitative estimate of drug-likeness (QED) is 0.654. The first-order chi connectivity index (χ1) is 12.5. The zero-order valence-corrected chi connectivity index (χ0v) is 16.7. The molecule has 0 radical (unpaired) electrons. The predicted octanol–water partition coefficient (Wildman–Crippen LogP) is 4.80. The average molecular weight is 412 g/mol. The molecule has 0 spiro atoms. The fourth-order valence-corrected chi connectivity index (χ4v) is 3.30. The number of halogens is 1. The Labute approximate surface area is 162 Å². The molecule has 0 saturated heterocycles. The van der Waals surface area contributed by atoms with E-state index in [1.54, 1.807) is 0 Å². The third-order valence-electron chi connectivity index (χ3n) is 4.50. The predicted molar refractivity (Wildman–Crippen MR) is 107 cm³/mol. The molecule has 2 aromatic carbocycles. The molecule has 1 heterocycles. The molecule has 0 aliphatic heterocycles. The number of aromatic nitrogens is 2. The number of benzene rings is 2. The number of nitrogens with one attached hydrogen (secondary N) is 1. The van der Waals surface area contributed by atoms with Crippen LogP contribution in [-0.4, -0.2) is 15.7 Å². The standard InChI is InChI=1S/C21H22BrN3O/c1-14(18-9-11-19(22)12-10-18)23-21(26)20-15(2)24-25(16(20)3)13-17-7-5-4-6-8-17/h4-12,14H,13H2,1-3H3,(H,23,26). The summed E-state index contributed by atoms with van der Waals surface area (Å²) < 4.78 is 2.91. The molecular formula is C21H22BrN3O. The van der Waals surface area contributed by atoms with Crippen LogP contribution in [0.2, 0.25) is 0 Å². The van der Waals surface area contributed by atoms with Crippen molar-refractivity contribution in [2.75, 3.05) is 0 Å². The van der Waals surface area contributed by atoms with Gasteiger partial charge in [0.15, 0.2) is 0 Å². The monoisotopic (exact) mass is 411 g/mol. The van der Waals surface area contributed by atoms with Crippen molar-refractivity contribution in [1.82, 2.24) is 15.1 Å². The van der Waals surface area contributed by atoms with Crippen LogP contribution in [0.4, 0.5) is 0 Å². The second kappa shape index (κ2) is 7.87. The Morgan fingerprint density at radius 2 is 1.77 bits per heavy atom. The van der Waals surface area contributed by atoms with Gasteiger partial charge >= 0.3 is 0 Å². The number of nitrogens with zero attached hydrogens (tertiary/aromatic N) is 2. The van der Waals surface area contributed by atoms with Crippen molar-refractivity contribution >= 4 is 21.8 Å². The SMILES string of the molecule is Cc1nn(Cc2ccccc2)c(C)c1C(=O)NC(C)c1ccc(Br)cc1. The summed E-state index contributed by atoms with van der Waals surface area (Å²) in [6.07, 6.45) is 0. The molecule has 134 valence electrons. The highest BCUT2D eigenvalue weighted by Crippen LogP contribution is 2.19. The number of hydrogen-bond acceptors (Lipinski definition) is 2. The van der Waals surface area contributed by atoms with Crippen LogP contribution in [-0.2, 0) is 6.54 Å². The number of hydrogen-bond donors (Lipinski definition) is 1. The summed E-state index contributed by atoms with van der Waals surface area (Å²) in [4.78, 5) is 12.8. The van der Waals surface area contributed by atoms with Crippen LogP contribution in [0.3, 0.4) is 0 Å². The Kier molecular flexibility index (Phi) is 5.57. The highest BCUT2D eigenvalue weighted by atomic mass is 79.9. The van der Waals surface area contributed by atoms with Gasteiger partial charge in [-0.2, -0.15) is 5.10 Å². The van der Waals surface area contributed by atoms with Gasteiger partial charge in [0, 0.05) is 10.2 Å². The second-order valence-corrected chi connectivity index (χ2v) is 7.35. The fraction of sp³-hybridized carbons (Fsp3) is 0.238. The summed E-state index contributed by atoms with van der Waals surface area (Å²) in [5.41, 5.74) is 4.51. The van der Waals surface area contributed by atoms with Crippen molar-refractivity contribution in [1.29, 1.82) is 0 Å². The summed E-state index contributed by atoms with van der Waals surface area (Å²) in [6, 6.07) is 18.0. The Bertz CT molecular complexity index is 901. The summed E-state index contributed by atoms with van der Waals surface area (Å²) in [7, 11) is 0. The van der Waals surface area contributed by atoms with Crippen molar-refractivity contribution in [3.05, 3.63) is 87.1 Å². The average Bonchev–Trinajstić information content (AvgIpc) is 2.90. The Hall–Kier alpha value is -2.40. The van der Waals surface area contributed by atoms with E-state index in [9.17, 15) is 4.79 Å². The Morgan fingerprint density at radius 3 is 2.42 bits per heavy atom. The number of amides is 1. The molecule has 4 nitrogen and oxygen atoms in total. The van der Waals surface area contributed by atoms with Gasteiger partial charge in [0.05, 0.1) is 23.8 Å². The Balaban J connectivity index is 1.78. The van der Waals surface area contributed by atoms with E-state index >= 15 is 0 Å². The van der Waals surface area contributed by atoms with Gasteiger partial charge in [0.2, 0.25) is 0 Å². The first-order valence-electron chi connectivity index (χ1n) is 8.60. The van der Waals surface area contributed by atoms with Gasteiger partial charge in [0.1, 0.15) is 0 Å². The molecule has 3 aromatic rings. The maximum Gasteiger partial charge on any atom is 0.255 e. The molecule has 0 saturated carbocycles. The van der Waals surface area contributed by atoms with Gasteiger partial charge in [-0.1, -0.05) is 58.4 Å². The topological polar surface area (TPSA) is 46.9 Å². The highest BCUT2D eigenvalue weighted by molar-refractivity contribution is 9.10. The van der Waals surface area contributed by atoms with E-state index in [-0.39, 0.29) is 11.9 Å². The molecule has 1 unspecified atom stereocenters. The summed E-state index contributed by atoms with van der Waals surface area (Å²) in [6.45, 7) is 6.47. The maximum absolute atomic E-state index is 12.8. The van der Waals surface area contributed by atoms with Gasteiger partial charge in [-0.25, -0.2) is 0 Å². The van der Waals surface area contributed by atoms with E-state index in [1.807, 2.05) is 67.9 Å². The third kappa shape index (κ3) is 4.05. The number of carbonyl (C=O) groups is 1. The molecular weight excluding hydrogens is 390 g/mol. The zero-order valence-electron chi connectivity index (χ0n) is 15.2. The lowest BCUT2D eigenvalue weighted by molar-refractivity contribution is 0.0938. The summed E-state index contributed by atoms with van der Waals surface area (Å²) >= 11 is 3.43. The van der Waals surface area contributed by atoms with Crippen molar-refractivity contribution in [2.45, 2.75) is 33.4 Å². The van der Waals surface area contributed by atoms with E-state index in [0.717, 1.165) is 27.0 Å². The molecule has 0 fully saturated rings. The fourth-order valence-electron chi connectivity index (χ4n) is 3.04. The minimum atomic E-state index is -0.0882. The molecule has 1 atom stereocenters.